The van der Waals surface area contributed by atoms with Crippen molar-refractivity contribution < 1.29 is 0 Å². The van der Waals surface area contributed by atoms with Crippen molar-refractivity contribution in [3.8, 4) is 0 Å². The van der Waals surface area contributed by atoms with Crippen molar-refractivity contribution in [1.29, 1.82) is 0 Å². The largest absolute Gasteiger partial charge is 0.300 e. The first-order valence-corrected chi connectivity index (χ1v) is 6.71. The lowest BCUT2D eigenvalue weighted by atomic mass is 10.0. The Bertz CT molecular complexity index is 184. The first-order chi connectivity index (χ1) is 6.81. The predicted octanol–water partition coefficient (Wildman–Crippen LogP) is 0.666. The van der Waals surface area contributed by atoms with Gasteiger partial charge >= 0.3 is 0 Å². The molecule has 0 amide bonds. The molecule has 2 aliphatic rings. The summed E-state index contributed by atoms with van der Waals surface area (Å²) in [6.45, 7) is 1.21. The minimum absolute atomic E-state index is 0.500. The number of hydrogen-bond acceptors (Lipinski definition) is 4. The van der Waals surface area contributed by atoms with E-state index < -0.39 is 0 Å². The van der Waals surface area contributed by atoms with E-state index in [1.165, 1.54) is 37.3 Å². The lowest BCUT2D eigenvalue weighted by Crippen LogP contribution is -2.54. The molecule has 1 aliphatic carbocycles. The van der Waals surface area contributed by atoms with E-state index in [0.717, 1.165) is 5.92 Å². The molecule has 3 nitrogen and oxygen atoms in total. The van der Waals surface area contributed by atoms with Gasteiger partial charge in [-0.2, -0.15) is 11.8 Å². The van der Waals surface area contributed by atoms with Crippen LogP contribution in [0.3, 0.4) is 0 Å². The number of likely N-dealkylation sites (N-methyl/N-ethyl adjacent to an activating group) is 1. The van der Waals surface area contributed by atoms with Crippen LogP contribution >= 0.6 is 11.8 Å². The van der Waals surface area contributed by atoms with Crippen molar-refractivity contribution in [1.82, 2.24) is 10.3 Å². The highest BCUT2D eigenvalue weighted by Gasteiger charge is 2.32. The molecule has 0 aromatic carbocycles. The highest BCUT2D eigenvalue weighted by molar-refractivity contribution is 7.99. The third-order valence-corrected chi connectivity index (χ3v) is 4.45. The van der Waals surface area contributed by atoms with Crippen molar-refractivity contribution in [2.45, 2.75) is 31.3 Å². The summed E-state index contributed by atoms with van der Waals surface area (Å²) < 4.78 is 0. The molecule has 2 atom stereocenters. The molecule has 0 radical (unpaired) electrons. The van der Waals surface area contributed by atoms with Gasteiger partial charge in [0, 0.05) is 30.1 Å². The summed E-state index contributed by atoms with van der Waals surface area (Å²) in [7, 11) is 2.22. The molecule has 2 rings (SSSR count). The van der Waals surface area contributed by atoms with E-state index in [0.29, 0.717) is 12.1 Å². The maximum Gasteiger partial charge on any atom is 0.0376 e. The van der Waals surface area contributed by atoms with Gasteiger partial charge in [0.15, 0.2) is 0 Å². The van der Waals surface area contributed by atoms with Gasteiger partial charge in [-0.3, -0.25) is 11.3 Å². The topological polar surface area (TPSA) is 41.3 Å². The number of nitrogens with one attached hydrogen (secondary N) is 1. The molecule has 14 heavy (non-hydrogen) atoms. The zero-order valence-electron chi connectivity index (χ0n) is 8.91. The van der Waals surface area contributed by atoms with Gasteiger partial charge in [0.2, 0.25) is 0 Å². The van der Waals surface area contributed by atoms with Crippen LogP contribution in [0.15, 0.2) is 0 Å². The third-order valence-electron chi connectivity index (χ3n) is 3.41. The van der Waals surface area contributed by atoms with E-state index in [4.69, 9.17) is 5.84 Å². The van der Waals surface area contributed by atoms with Crippen LogP contribution in [0.4, 0.5) is 0 Å². The van der Waals surface area contributed by atoms with Crippen LogP contribution in [0.25, 0.3) is 0 Å². The lowest BCUT2D eigenvalue weighted by molar-refractivity contribution is 0.204. The Kier molecular flexibility index (Phi) is 3.71. The summed E-state index contributed by atoms with van der Waals surface area (Å²) >= 11 is 2.06. The van der Waals surface area contributed by atoms with Crippen molar-refractivity contribution in [3.05, 3.63) is 0 Å². The second-order valence-corrected chi connectivity index (χ2v) is 5.72. The van der Waals surface area contributed by atoms with E-state index in [1.54, 1.807) is 0 Å². The summed E-state index contributed by atoms with van der Waals surface area (Å²) in [6.07, 6.45) is 4.11. The smallest absolute Gasteiger partial charge is 0.0376 e. The Balaban J connectivity index is 1.87. The summed E-state index contributed by atoms with van der Waals surface area (Å²) in [6, 6.07) is 1.14. The molecular formula is C10H21N3S. The Morgan fingerprint density at radius 3 is 2.93 bits per heavy atom. The predicted molar refractivity (Wildman–Crippen MR) is 62.2 cm³/mol. The number of thioether (sulfide) groups is 1. The second kappa shape index (κ2) is 4.84. The number of nitrogens with two attached hydrogens (primary N) is 1. The zero-order chi connectivity index (χ0) is 9.97. The first kappa shape index (κ1) is 10.7. The summed E-state index contributed by atoms with van der Waals surface area (Å²) in [5.74, 6) is 9.12. The van der Waals surface area contributed by atoms with E-state index in [2.05, 4.69) is 29.1 Å². The summed E-state index contributed by atoms with van der Waals surface area (Å²) in [5, 5.41) is 0. The van der Waals surface area contributed by atoms with Gasteiger partial charge in [0.1, 0.15) is 0 Å². The molecule has 0 aromatic heterocycles. The van der Waals surface area contributed by atoms with Crippen LogP contribution in [0, 0.1) is 5.92 Å². The molecule has 4 heteroatoms. The molecule has 0 spiro atoms. The normalized spacial score (nSPS) is 31.7. The number of nitrogens with zero attached hydrogens (tertiary/aromatic N) is 1. The Morgan fingerprint density at radius 1 is 1.57 bits per heavy atom. The quantitative estimate of drug-likeness (QED) is 0.534. The molecule has 1 saturated heterocycles. The van der Waals surface area contributed by atoms with Crippen molar-refractivity contribution in [2.75, 3.05) is 25.1 Å². The van der Waals surface area contributed by atoms with Crippen LogP contribution < -0.4 is 11.3 Å². The second-order valence-electron chi connectivity index (χ2n) is 4.58. The van der Waals surface area contributed by atoms with Gasteiger partial charge in [-0.15, -0.1) is 0 Å². The third kappa shape index (κ3) is 2.63. The molecule has 82 valence electrons. The standard InChI is InChI=1S/C10H21N3S/c1-13-4-5-14-7-10(13)9(12-11)6-8-2-3-8/h8-10,12H,2-7,11H2,1H3. The van der Waals surface area contributed by atoms with E-state index >= 15 is 0 Å². The Morgan fingerprint density at radius 2 is 2.36 bits per heavy atom. The Hall–Kier alpha value is 0.230. The van der Waals surface area contributed by atoms with Crippen molar-refractivity contribution in [2.24, 2.45) is 11.8 Å². The summed E-state index contributed by atoms with van der Waals surface area (Å²) in [5.41, 5.74) is 3.02. The highest BCUT2D eigenvalue weighted by Crippen LogP contribution is 2.35. The van der Waals surface area contributed by atoms with E-state index in [1.807, 2.05) is 0 Å². The van der Waals surface area contributed by atoms with E-state index in [9.17, 15) is 0 Å². The fourth-order valence-corrected chi connectivity index (χ4v) is 3.49. The lowest BCUT2D eigenvalue weighted by Gasteiger charge is -2.37. The fraction of sp³-hybridized carbons (Fsp3) is 1.00. The van der Waals surface area contributed by atoms with E-state index in [-0.39, 0.29) is 0 Å². The van der Waals surface area contributed by atoms with Gasteiger partial charge in [0.25, 0.3) is 0 Å². The molecule has 1 heterocycles. The molecule has 2 unspecified atom stereocenters. The zero-order valence-corrected chi connectivity index (χ0v) is 9.72. The number of hydrazine groups is 1. The van der Waals surface area contributed by atoms with Crippen LogP contribution in [0.1, 0.15) is 19.3 Å². The van der Waals surface area contributed by atoms with Crippen LogP contribution in [-0.2, 0) is 0 Å². The SMILES string of the molecule is CN1CCSCC1C(CC1CC1)NN. The average Bonchev–Trinajstić information content (AvgIpc) is 2.99. The molecule has 3 N–H and O–H groups in total. The maximum absolute atomic E-state index is 5.66. The van der Waals surface area contributed by atoms with Gasteiger partial charge < -0.3 is 4.90 Å². The molecule has 0 aromatic rings. The van der Waals surface area contributed by atoms with Crippen molar-refractivity contribution >= 4 is 11.8 Å². The minimum atomic E-state index is 0.500. The average molecular weight is 215 g/mol. The van der Waals surface area contributed by atoms with Crippen LogP contribution in [0.5, 0.6) is 0 Å². The fourth-order valence-electron chi connectivity index (χ4n) is 2.18. The van der Waals surface area contributed by atoms with Crippen LogP contribution in [0.2, 0.25) is 0 Å². The van der Waals surface area contributed by atoms with Gasteiger partial charge in [0.05, 0.1) is 0 Å². The Labute approximate surface area is 90.8 Å². The molecule has 1 aliphatic heterocycles. The maximum atomic E-state index is 5.66. The number of rotatable bonds is 4. The van der Waals surface area contributed by atoms with Crippen molar-refractivity contribution in [3.63, 3.8) is 0 Å². The molecular weight excluding hydrogens is 194 g/mol. The van der Waals surface area contributed by atoms with Gasteiger partial charge in [-0.25, -0.2) is 0 Å². The monoisotopic (exact) mass is 215 g/mol. The number of hydrogen-bond donors (Lipinski definition) is 2. The van der Waals surface area contributed by atoms with Gasteiger partial charge in [-0.05, 0) is 19.4 Å². The highest BCUT2D eigenvalue weighted by atomic mass is 32.2. The van der Waals surface area contributed by atoms with Gasteiger partial charge in [-0.1, -0.05) is 12.8 Å². The van der Waals surface area contributed by atoms with Crippen LogP contribution in [-0.4, -0.2) is 42.1 Å². The molecule has 2 fully saturated rings. The molecule has 0 bridgehead atoms. The minimum Gasteiger partial charge on any atom is -0.300 e. The first-order valence-electron chi connectivity index (χ1n) is 5.55. The molecule has 1 saturated carbocycles. The summed E-state index contributed by atoms with van der Waals surface area (Å²) in [4.78, 5) is 2.46.